The second-order valence-electron chi connectivity index (χ2n) is 3.92. The lowest BCUT2D eigenvalue weighted by Crippen LogP contribution is -2.38. The van der Waals surface area contributed by atoms with Gasteiger partial charge < -0.3 is 15.4 Å². The number of nitrogens with zero attached hydrogens (tertiary/aromatic N) is 1. The van der Waals surface area contributed by atoms with Crippen LogP contribution >= 0.6 is 0 Å². The monoisotopic (exact) mass is 216 g/mol. The zero-order valence-electron chi connectivity index (χ0n) is 10.2. The summed E-state index contributed by atoms with van der Waals surface area (Å²) in [5, 5.41) is 0. The van der Waals surface area contributed by atoms with Crippen molar-refractivity contribution in [2.75, 3.05) is 26.8 Å². The third-order valence-electron chi connectivity index (χ3n) is 2.29. The first kappa shape index (κ1) is 14.4. The fourth-order valence-electron chi connectivity index (χ4n) is 1.44. The maximum Gasteiger partial charge on any atom is 0.222 e. The SMILES string of the molecule is COCCCC(=O)N(CCCN)C(C)C. The van der Waals surface area contributed by atoms with Gasteiger partial charge in [-0.15, -0.1) is 0 Å². The van der Waals surface area contributed by atoms with Crippen LogP contribution in [0.2, 0.25) is 0 Å². The number of carbonyl (C=O) groups is 1. The van der Waals surface area contributed by atoms with Crippen LogP contribution < -0.4 is 5.73 Å². The molecule has 0 aliphatic rings. The van der Waals surface area contributed by atoms with Gasteiger partial charge in [0.1, 0.15) is 0 Å². The van der Waals surface area contributed by atoms with Crippen LogP contribution in [0.3, 0.4) is 0 Å². The summed E-state index contributed by atoms with van der Waals surface area (Å²) in [5.41, 5.74) is 5.44. The third-order valence-corrected chi connectivity index (χ3v) is 2.29. The van der Waals surface area contributed by atoms with E-state index in [0.29, 0.717) is 19.6 Å². The van der Waals surface area contributed by atoms with Crippen molar-refractivity contribution in [1.82, 2.24) is 4.90 Å². The van der Waals surface area contributed by atoms with Crippen LogP contribution in [0.1, 0.15) is 33.1 Å². The number of hydrogen-bond donors (Lipinski definition) is 1. The standard InChI is InChI=1S/C11H24N2O2/c1-10(2)13(8-5-7-12)11(14)6-4-9-15-3/h10H,4-9,12H2,1-3H3. The molecule has 0 radical (unpaired) electrons. The second kappa shape index (κ2) is 8.68. The molecule has 4 heteroatoms. The van der Waals surface area contributed by atoms with Gasteiger partial charge in [-0.05, 0) is 33.2 Å². The van der Waals surface area contributed by atoms with Gasteiger partial charge in [-0.1, -0.05) is 0 Å². The van der Waals surface area contributed by atoms with Crippen LogP contribution in [0.15, 0.2) is 0 Å². The smallest absolute Gasteiger partial charge is 0.222 e. The maximum absolute atomic E-state index is 11.8. The molecule has 0 fully saturated rings. The molecule has 0 unspecified atom stereocenters. The highest BCUT2D eigenvalue weighted by molar-refractivity contribution is 5.76. The normalized spacial score (nSPS) is 10.7. The van der Waals surface area contributed by atoms with Gasteiger partial charge in [0.15, 0.2) is 0 Å². The van der Waals surface area contributed by atoms with E-state index in [0.717, 1.165) is 19.4 Å². The molecule has 90 valence electrons. The van der Waals surface area contributed by atoms with Crippen molar-refractivity contribution in [1.29, 1.82) is 0 Å². The lowest BCUT2D eigenvalue weighted by Gasteiger charge is -2.26. The topological polar surface area (TPSA) is 55.6 Å². The van der Waals surface area contributed by atoms with Crippen molar-refractivity contribution < 1.29 is 9.53 Å². The number of ether oxygens (including phenoxy) is 1. The molecule has 2 N–H and O–H groups in total. The summed E-state index contributed by atoms with van der Waals surface area (Å²) in [5.74, 6) is 0.204. The zero-order valence-corrected chi connectivity index (χ0v) is 10.2. The molecule has 0 rings (SSSR count). The summed E-state index contributed by atoms with van der Waals surface area (Å²) in [6, 6.07) is 0.256. The van der Waals surface area contributed by atoms with Gasteiger partial charge in [-0.2, -0.15) is 0 Å². The van der Waals surface area contributed by atoms with Crippen molar-refractivity contribution >= 4 is 5.91 Å². The summed E-state index contributed by atoms with van der Waals surface area (Å²) in [7, 11) is 1.65. The van der Waals surface area contributed by atoms with Gasteiger partial charge in [0.05, 0.1) is 0 Å². The molecule has 1 amide bonds. The molecule has 0 aromatic rings. The van der Waals surface area contributed by atoms with Crippen molar-refractivity contribution in [3.8, 4) is 0 Å². The number of carbonyl (C=O) groups excluding carboxylic acids is 1. The van der Waals surface area contributed by atoms with E-state index in [9.17, 15) is 4.79 Å². The first-order valence-corrected chi connectivity index (χ1v) is 5.62. The molecule has 0 saturated heterocycles. The highest BCUT2D eigenvalue weighted by atomic mass is 16.5. The Kier molecular flexibility index (Phi) is 8.33. The van der Waals surface area contributed by atoms with E-state index in [1.165, 1.54) is 0 Å². The Morgan fingerprint density at radius 2 is 2.07 bits per heavy atom. The molecule has 0 aromatic carbocycles. The van der Waals surface area contributed by atoms with E-state index in [-0.39, 0.29) is 11.9 Å². The van der Waals surface area contributed by atoms with Crippen molar-refractivity contribution in [3.63, 3.8) is 0 Å². The molecule has 0 bridgehead atoms. The molecule has 0 aliphatic heterocycles. The number of hydrogen-bond acceptors (Lipinski definition) is 3. The van der Waals surface area contributed by atoms with Crippen LogP contribution in [0.25, 0.3) is 0 Å². The molecule has 0 aromatic heterocycles. The van der Waals surface area contributed by atoms with Gasteiger partial charge in [-0.3, -0.25) is 4.79 Å². The molecule has 0 aliphatic carbocycles. The second-order valence-corrected chi connectivity index (χ2v) is 3.92. The Labute approximate surface area is 92.8 Å². The minimum Gasteiger partial charge on any atom is -0.385 e. The Morgan fingerprint density at radius 1 is 1.40 bits per heavy atom. The van der Waals surface area contributed by atoms with Crippen LogP contribution in [-0.4, -0.2) is 43.7 Å². The third kappa shape index (κ3) is 6.47. The quantitative estimate of drug-likeness (QED) is 0.616. The predicted molar refractivity (Wildman–Crippen MR) is 61.6 cm³/mol. The van der Waals surface area contributed by atoms with Gasteiger partial charge in [0.25, 0.3) is 0 Å². The van der Waals surface area contributed by atoms with E-state index >= 15 is 0 Å². The molecule has 0 atom stereocenters. The lowest BCUT2D eigenvalue weighted by molar-refractivity contribution is -0.133. The molecule has 4 nitrogen and oxygen atoms in total. The maximum atomic E-state index is 11.8. The Hall–Kier alpha value is -0.610. The zero-order chi connectivity index (χ0) is 11.7. The van der Waals surface area contributed by atoms with Crippen LogP contribution in [0.4, 0.5) is 0 Å². The summed E-state index contributed by atoms with van der Waals surface area (Å²) in [6.45, 7) is 6.11. The van der Waals surface area contributed by atoms with Crippen molar-refractivity contribution in [2.45, 2.75) is 39.2 Å². The van der Waals surface area contributed by atoms with E-state index in [1.807, 2.05) is 18.7 Å². The molecule has 0 saturated carbocycles. The summed E-state index contributed by atoms with van der Waals surface area (Å²) < 4.78 is 4.92. The Bertz CT molecular complexity index is 172. The van der Waals surface area contributed by atoms with E-state index in [2.05, 4.69) is 0 Å². The van der Waals surface area contributed by atoms with Crippen molar-refractivity contribution in [2.24, 2.45) is 5.73 Å². The Balaban J connectivity index is 3.93. The molecular formula is C11H24N2O2. The van der Waals surface area contributed by atoms with Crippen LogP contribution in [0, 0.1) is 0 Å². The Morgan fingerprint density at radius 3 is 2.53 bits per heavy atom. The fraction of sp³-hybridized carbons (Fsp3) is 0.909. The highest BCUT2D eigenvalue weighted by Gasteiger charge is 2.15. The summed E-state index contributed by atoms with van der Waals surface area (Å²) >= 11 is 0. The average molecular weight is 216 g/mol. The summed E-state index contributed by atoms with van der Waals surface area (Å²) in [6.07, 6.45) is 2.23. The van der Waals surface area contributed by atoms with E-state index < -0.39 is 0 Å². The van der Waals surface area contributed by atoms with Gasteiger partial charge in [0.2, 0.25) is 5.91 Å². The number of rotatable bonds is 8. The largest absolute Gasteiger partial charge is 0.385 e. The van der Waals surface area contributed by atoms with Crippen LogP contribution in [0.5, 0.6) is 0 Å². The highest BCUT2D eigenvalue weighted by Crippen LogP contribution is 2.04. The number of amides is 1. The van der Waals surface area contributed by atoms with Gasteiger partial charge in [-0.25, -0.2) is 0 Å². The van der Waals surface area contributed by atoms with Gasteiger partial charge >= 0.3 is 0 Å². The molecular weight excluding hydrogens is 192 g/mol. The number of nitrogens with two attached hydrogens (primary N) is 1. The van der Waals surface area contributed by atoms with Gasteiger partial charge in [0, 0.05) is 32.7 Å². The first-order valence-electron chi connectivity index (χ1n) is 5.62. The minimum absolute atomic E-state index is 0.204. The molecule has 15 heavy (non-hydrogen) atoms. The van der Waals surface area contributed by atoms with E-state index in [1.54, 1.807) is 7.11 Å². The lowest BCUT2D eigenvalue weighted by atomic mass is 10.2. The van der Waals surface area contributed by atoms with Crippen LogP contribution in [-0.2, 0) is 9.53 Å². The minimum atomic E-state index is 0.204. The van der Waals surface area contributed by atoms with Crippen molar-refractivity contribution in [3.05, 3.63) is 0 Å². The first-order chi connectivity index (χ1) is 7.13. The van der Waals surface area contributed by atoms with E-state index in [4.69, 9.17) is 10.5 Å². The summed E-state index contributed by atoms with van der Waals surface area (Å²) in [4.78, 5) is 13.7. The number of methoxy groups -OCH3 is 1. The predicted octanol–water partition coefficient (Wildman–Crippen LogP) is 0.999. The molecule has 0 heterocycles. The average Bonchev–Trinajstić information content (AvgIpc) is 2.18. The molecule has 0 spiro atoms. The fourth-order valence-corrected chi connectivity index (χ4v) is 1.44.